The van der Waals surface area contributed by atoms with Crippen molar-refractivity contribution < 1.29 is 13.2 Å². The van der Waals surface area contributed by atoms with Crippen molar-refractivity contribution in [1.29, 1.82) is 0 Å². The lowest BCUT2D eigenvalue weighted by atomic mass is 9.75. The molecule has 0 bridgehead atoms. The highest BCUT2D eigenvalue weighted by atomic mass is 35.5. The maximum atomic E-state index is 13.1. The molecule has 1 amide bonds. The third-order valence-corrected chi connectivity index (χ3v) is 8.12. The van der Waals surface area contributed by atoms with Gasteiger partial charge in [0.25, 0.3) is 5.91 Å². The zero-order valence-electron chi connectivity index (χ0n) is 16.8. The number of piperidine rings is 1. The van der Waals surface area contributed by atoms with Gasteiger partial charge in [-0.3, -0.25) is 9.78 Å². The fourth-order valence-electron chi connectivity index (χ4n) is 4.57. The molecule has 160 valence electrons. The number of nitrogens with zero attached hydrogens (tertiary/aromatic N) is 2. The van der Waals surface area contributed by atoms with Gasteiger partial charge in [-0.25, -0.2) is 13.1 Å². The van der Waals surface area contributed by atoms with Crippen LogP contribution in [0.3, 0.4) is 0 Å². The Labute approximate surface area is 182 Å². The van der Waals surface area contributed by atoms with Gasteiger partial charge in [-0.1, -0.05) is 36.9 Å². The number of hydrogen-bond donors (Lipinski definition) is 1. The Balaban J connectivity index is 1.50. The van der Waals surface area contributed by atoms with Crippen LogP contribution in [0.15, 0.2) is 47.6 Å². The first kappa shape index (κ1) is 21.3. The number of pyridine rings is 1. The van der Waals surface area contributed by atoms with Crippen LogP contribution in [0.4, 0.5) is 0 Å². The molecular weight excluding hydrogens is 422 g/mol. The van der Waals surface area contributed by atoms with Gasteiger partial charge in [-0.2, -0.15) is 0 Å². The van der Waals surface area contributed by atoms with Crippen LogP contribution in [0, 0.1) is 11.8 Å². The van der Waals surface area contributed by atoms with Crippen LogP contribution in [0.25, 0.3) is 0 Å². The van der Waals surface area contributed by atoms with E-state index in [0.717, 1.165) is 31.0 Å². The molecule has 0 spiro atoms. The molecule has 2 aromatic rings. The van der Waals surface area contributed by atoms with Crippen molar-refractivity contribution in [3.8, 4) is 0 Å². The van der Waals surface area contributed by atoms with Crippen LogP contribution < -0.4 is 4.72 Å². The first-order valence-corrected chi connectivity index (χ1v) is 12.3. The minimum atomic E-state index is -3.88. The Bertz CT molecular complexity index is 1010. The third kappa shape index (κ3) is 4.68. The molecule has 0 radical (unpaired) electrons. The molecule has 1 aliphatic heterocycles. The Hall–Kier alpha value is -1.96. The first-order chi connectivity index (χ1) is 14.4. The first-order valence-electron chi connectivity index (χ1n) is 10.4. The largest absolute Gasteiger partial charge is 0.338 e. The lowest BCUT2D eigenvalue weighted by Gasteiger charge is -2.41. The van der Waals surface area contributed by atoms with Crippen molar-refractivity contribution in [2.75, 3.05) is 13.1 Å². The van der Waals surface area contributed by atoms with Crippen LogP contribution in [0.2, 0.25) is 5.02 Å². The molecule has 1 saturated heterocycles. The van der Waals surface area contributed by atoms with Crippen molar-refractivity contribution >= 4 is 27.5 Å². The van der Waals surface area contributed by atoms with Crippen LogP contribution in [-0.4, -0.2) is 37.3 Å². The number of likely N-dealkylation sites (tertiary alicyclic amines) is 1. The van der Waals surface area contributed by atoms with E-state index in [-0.39, 0.29) is 22.4 Å². The van der Waals surface area contributed by atoms with Gasteiger partial charge in [0.15, 0.2) is 0 Å². The van der Waals surface area contributed by atoms with Crippen molar-refractivity contribution in [3.05, 3.63) is 58.9 Å². The van der Waals surface area contributed by atoms with Crippen LogP contribution in [0.5, 0.6) is 0 Å². The highest BCUT2D eigenvalue weighted by Crippen LogP contribution is 2.36. The number of hydrogen-bond acceptors (Lipinski definition) is 4. The zero-order valence-corrected chi connectivity index (χ0v) is 18.3. The highest BCUT2D eigenvalue weighted by Gasteiger charge is 2.33. The smallest absolute Gasteiger partial charge is 0.253 e. The molecule has 1 aromatic carbocycles. The Morgan fingerprint density at radius 2 is 1.97 bits per heavy atom. The van der Waals surface area contributed by atoms with Crippen molar-refractivity contribution in [1.82, 2.24) is 14.6 Å². The van der Waals surface area contributed by atoms with E-state index in [2.05, 4.69) is 9.71 Å². The molecule has 2 aliphatic rings. The van der Waals surface area contributed by atoms with Gasteiger partial charge in [0, 0.05) is 37.6 Å². The number of rotatable bonds is 5. The van der Waals surface area contributed by atoms with E-state index in [0.29, 0.717) is 11.5 Å². The third-order valence-electron chi connectivity index (χ3n) is 6.24. The van der Waals surface area contributed by atoms with Gasteiger partial charge in [0.1, 0.15) is 4.90 Å². The van der Waals surface area contributed by atoms with E-state index in [1.54, 1.807) is 30.6 Å². The summed E-state index contributed by atoms with van der Waals surface area (Å²) in [6, 6.07) is 8.01. The molecule has 1 aromatic heterocycles. The quantitative estimate of drug-likeness (QED) is 0.754. The number of benzene rings is 1. The minimum absolute atomic E-state index is 0.0774. The summed E-state index contributed by atoms with van der Waals surface area (Å²) < 4.78 is 28.2. The summed E-state index contributed by atoms with van der Waals surface area (Å²) in [7, 11) is -3.88. The van der Waals surface area contributed by atoms with E-state index < -0.39 is 10.0 Å². The molecule has 2 fully saturated rings. The molecule has 2 unspecified atom stereocenters. The Morgan fingerprint density at radius 3 is 2.73 bits per heavy atom. The topological polar surface area (TPSA) is 79.4 Å². The fourth-order valence-corrected chi connectivity index (χ4v) is 6.11. The van der Waals surface area contributed by atoms with E-state index >= 15 is 0 Å². The molecular formula is C22H26ClN3O3S. The van der Waals surface area contributed by atoms with E-state index in [1.807, 2.05) is 4.90 Å². The second-order valence-corrected chi connectivity index (χ2v) is 10.3. The SMILES string of the molecule is O=C(c1ccc(Cl)c(S(=O)(=O)NCc2cccnc2)c1)N1CCC2CCCCC2C1. The number of carbonyl (C=O) groups excluding carboxylic acids is 1. The van der Waals surface area contributed by atoms with Crippen molar-refractivity contribution in [2.45, 2.75) is 43.5 Å². The molecule has 1 aliphatic carbocycles. The average molecular weight is 448 g/mol. The second kappa shape index (κ2) is 9.04. The van der Waals surface area contributed by atoms with Crippen molar-refractivity contribution in [3.63, 3.8) is 0 Å². The molecule has 1 N–H and O–H groups in total. The van der Waals surface area contributed by atoms with Crippen LogP contribution in [-0.2, 0) is 16.6 Å². The zero-order chi connectivity index (χ0) is 21.1. The second-order valence-electron chi connectivity index (χ2n) is 8.18. The van der Waals surface area contributed by atoms with Gasteiger partial charge in [-0.05, 0) is 54.5 Å². The number of halogens is 1. The number of nitrogens with one attached hydrogen (secondary N) is 1. The van der Waals surface area contributed by atoms with Gasteiger partial charge >= 0.3 is 0 Å². The van der Waals surface area contributed by atoms with E-state index in [9.17, 15) is 13.2 Å². The number of aromatic nitrogens is 1. The summed E-state index contributed by atoms with van der Waals surface area (Å²) in [5, 5.41) is 0.0937. The summed E-state index contributed by atoms with van der Waals surface area (Å²) in [6.45, 7) is 1.58. The Morgan fingerprint density at radius 1 is 1.17 bits per heavy atom. The van der Waals surface area contributed by atoms with E-state index in [1.165, 1.54) is 37.8 Å². The van der Waals surface area contributed by atoms with Crippen molar-refractivity contribution in [2.24, 2.45) is 11.8 Å². The summed E-state index contributed by atoms with van der Waals surface area (Å²) in [5.74, 6) is 1.16. The Kier molecular flexibility index (Phi) is 6.41. The average Bonchev–Trinajstić information content (AvgIpc) is 2.78. The fraction of sp³-hybridized carbons (Fsp3) is 0.455. The lowest BCUT2D eigenvalue weighted by Crippen LogP contribution is -2.44. The number of carbonyl (C=O) groups is 1. The lowest BCUT2D eigenvalue weighted by molar-refractivity contribution is 0.0520. The van der Waals surface area contributed by atoms with Crippen LogP contribution >= 0.6 is 11.6 Å². The standard InChI is InChI=1S/C22H26ClN3O3S/c23-20-8-7-18(22(27)26-11-9-17-5-1-2-6-19(17)15-26)12-21(20)30(28,29)25-14-16-4-3-10-24-13-16/h3-4,7-8,10,12-13,17,19,25H,1-2,5-6,9,11,14-15H2. The van der Waals surface area contributed by atoms with Gasteiger partial charge in [0.2, 0.25) is 10.0 Å². The molecule has 4 rings (SSSR count). The molecule has 2 atom stereocenters. The number of sulfonamides is 1. The molecule has 1 saturated carbocycles. The van der Waals surface area contributed by atoms with Gasteiger partial charge in [0.05, 0.1) is 5.02 Å². The molecule has 8 heteroatoms. The van der Waals surface area contributed by atoms with E-state index in [4.69, 9.17) is 11.6 Å². The maximum absolute atomic E-state index is 13.1. The summed E-state index contributed by atoms with van der Waals surface area (Å²) >= 11 is 6.19. The van der Waals surface area contributed by atoms with Gasteiger partial charge in [-0.15, -0.1) is 0 Å². The minimum Gasteiger partial charge on any atom is -0.338 e. The number of amides is 1. The monoisotopic (exact) mass is 447 g/mol. The normalized spacial score (nSPS) is 21.8. The predicted molar refractivity (Wildman–Crippen MR) is 116 cm³/mol. The molecule has 2 heterocycles. The van der Waals surface area contributed by atoms with Gasteiger partial charge < -0.3 is 4.90 Å². The maximum Gasteiger partial charge on any atom is 0.253 e. The highest BCUT2D eigenvalue weighted by molar-refractivity contribution is 7.89. The summed E-state index contributed by atoms with van der Waals surface area (Å²) in [4.78, 5) is 18.9. The molecule has 30 heavy (non-hydrogen) atoms. The summed E-state index contributed by atoms with van der Waals surface area (Å²) in [5.41, 5.74) is 1.09. The van der Waals surface area contributed by atoms with Crippen LogP contribution in [0.1, 0.15) is 48.0 Å². The molecule has 6 nitrogen and oxygen atoms in total. The summed E-state index contributed by atoms with van der Waals surface area (Å²) in [6.07, 6.45) is 9.21. The number of fused-ring (bicyclic) bond motifs is 1. The predicted octanol–water partition coefficient (Wildman–Crippen LogP) is 3.87.